The molecular formula is C34H48N2O13S. The van der Waals surface area contributed by atoms with Gasteiger partial charge < -0.3 is 33.2 Å². The van der Waals surface area contributed by atoms with Crippen LogP contribution in [0, 0.1) is 13.8 Å². The molecule has 0 spiro atoms. The van der Waals surface area contributed by atoms with Crippen molar-refractivity contribution in [1.82, 2.24) is 9.13 Å². The van der Waals surface area contributed by atoms with E-state index in [1.165, 1.54) is 25.3 Å². The number of nitrogens with zero attached hydrogens (tertiary/aromatic N) is 2. The number of hydrogen-bond donors (Lipinski definition) is 0. The lowest BCUT2D eigenvalue weighted by Gasteiger charge is -2.31. The molecule has 5 rings (SSSR count). The summed E-state index contributed by atoms with van der Waals surface area (Å²) in [6.45, 7) is 8.58. The van der Waals surface area contributed by atoms with Gasteiger partial charge >= 0.3 is 11.8 Å². The van der Waals surface area contributed by atoms with Crippen LogP contribution in [0.2, 0.25) is 0 Å². The zero-order chi connectivity index (χ0) is 36.1. The molecule has 3 aliphatic rings. The molecule has 2 unspecified atom stereocenters. The van der Waals surface area contributed by atoms with E-state index in [2.05, 4.69) is 0 Å². The molecule has 1 aromatic heterocycles. The SMILES string of the molecule is Cc1ccc(S(=O)(=O)OCCO[C@@H]2[C@@H](OC3CCCCO3)[C@@H](COC3CCCCO3)O[C@H]2n2cc(C)c(=O)n(C(=O)OC(C)(C)C)c2=O)cc1. The molecule has 0 bridgehead atoms. The minimum Gasteiger partial charge on any atom is -0.443 e. The Morgan fingerprint density at radius 1 is 0.900 bits per heavy atom. The molecule has 0 radical (unpaired) electrons. The van der Waals surface area contributed by atoms with Gasteiger partial charge in [0.2, 0.25) is 0 Å². The summed E-state index contributed by atoms with van der Waals surface area (Å²) in [6, 6.07) is 6.24. The van der Waals surface area contributed by atoms with E-state index in [-0.39, 0.29) is 30.3 Å². The molecule has 0 saturated carbocycles. The molecule has 1 aromatic carbocycles. The van der Waals surface area contributed by atoms with Gasteiger partial charge in [-0.2, -0.15) is 13.0 Å². The largest absolute Gasteiger partial charge is 0.443 e. The van der Waals surface area contributed by atoms with E-state index in [0.29, 0.717) is 30.6 Å². The van der Waals surface area contributed by atoms with Crippen LogP contribution in [0.1, 0.15) is 76.7 Å². The van der Waals surface area contributed by atoms with Crippen molar-refractivity contribution in [3.8, 4) is 0 Å². The molecule has 278 valence electrons. The van der Waals surface area contributed by atoms with Crippen LogP contribution >= 0.6 is 0 Å². The summed E-state index contributed by atoms with van der Waals surface area (Å²) in [7, 11) is -4.09. The van der Waals surface area contributed by atoms with Crippen molar-refractivity contribution < 1.29 is 50.6 Å². The highest BCUT2D eigenvalue weighted by molar-refractivity contribution is 7.86. The fourth-order valence-corrected chi connectivity index (χ4v) is 6.79. The van der Waals surface area contributed by atoms with Crippen LogP contribution < -0.4 is 11.2 Å². The third-order valence-corrected chi connectivity index (χ3v) is 9.72. The van der Waals surface area contributed by atoms with Crippen molar-refractivity contribution in [3.05, 3.63) is 62.4 Å². The van der Waals surface area contributed by atoms with Crippen LogP contribution in [0.25, 0.3) is 0 Å². The Balaban J connectivity index is 1.46. The summed E-state index contributed by atoms with van der Waals surface area (Å²) < 4.78 is 74.8. The molecular weight excluding hydrogens is 676 g/mol. The first-order valence-corrected chi connectivity index (χ1v) is 18.5. The van der Waals surface area contributed by atoms with Gasteiger partial charge in [0.05, 0.1) is 24.7 Å². The Kier molecular flexibility index (Phi) is 12.7. The summed E-state index contributed by atoms with van der Waals surface area (Å²) in [6.07, 6.45) is -0.0639. The Bertz CT molecular complexity index is 1670. The lowest BCUT2D eigenvalue weighted by Crippen LogP contribution is -2.49. The zero-order valence-corrected chi connectivity index (χ0v) is 30.1. The Labute approximate surface area is 291 Å². The van der Waals surface area contributed by atoms with E-state index in [4.69, 9.17) is 37.3 Å². The Morgan fingerprint density at radius 2 is 1.56 bits per heavy atom. The molecule has 0 amide bonds. The van der Waals surface area contributed by atoms with E-state index in [1.54, 1.807) is 32.9 Å². The van der Waals surface area contributed by atoms with Gasteiger partial charge in [-0.25, -0.2) is 9.59 Å². The van der Waals surface area contributed by atoms with Crippen LogP contribution in [0.3, 0.4) is 0 Å². The predicted octanol–water partition coefficient (Wildman–Crippen LogP) is 3.55. The van der Waals surface area contributed by atoms with Crippen molar-refractivity contribution in [2.75, 3.05) is 33.0 Å². The number of hydrogen-bond acceptors (Lipinski definition) is 13. The number of rotatable bonds is 12. The second kappa shape index (κ2) is 16.6. The fourth-order valence-electron chi connectivity index (χ4n) is 5.90. The van der Waals surface area contributed by atoms with Gasteiger partial charge in [0.25, 0.3) is 15.7 Å². The summed E-state index contributed by atoms with van der Waals surface area (Å²) >= 11 is 0. The van der Waals surface area contributed by atoms with Gasteiger partial charge in [-0.1, -0.05) is 17.7 Å². The standard InChI is InChI=1S/C34H48N2O13S/c1-22-12-14-24(15-13-22)50(40,41)46-19-18-44-29-28(48-27-11-7-9-17-43-27)25(21-45-26-10-6-8-16-42-26)47-31(29)35-20-23(2)30(37)36(32(35)38)33(39)49-34(3,4)5/h12-15,20,25-29,31H,6-11,16-19,21H2,1-5H3/t25-,26?,27?,28+,29-,31-/m1/s1. The van der Waals surface area contributed by atoms with Crippen LogP contribution in [-0.4, -0.2) is 93.2 Å². The maximum atomic E-state index is 13.9. The summed E-state index contributed by atoms with van der Waals surface area (Å²) in [4.78, 5) is 40.1. The van der Waals surface area contributed by atoms with Gasteiger partial charge in [-0.05, 0) is 85.3 Å². The number of aromatic nitrogens is 2. The highest BCUT2D eigenvalue weighted by atomic mass is 32.2. The molecule has 0 aliphatic carbocycles. The van der Waals surface area contributed by atoms with Crippen molar-refractivity contribution in [2.24, 2.45) is 0 Å². The first kappa shape index (κ1) is 38.3. The Morgan fingerprint density at radius 3 is 2.18 bits per heavy atom. The number of ether oxygens (including phenoxy) is 7. The van der Waals surface area contributed by atoms with Gasteiger partial charge in [-0.15, -0.1) is 0 Å². The number of aryl methyl sites for hydroxylation is 2. The predicted molar refractivity (Wildman–Crippen MR) is 177 cm³/mol. The second-order valence-electron chi connectivity index (χ2n) is 13.6. The normalized spacial score (nSPS) is 26.2. The van der Waals surface area contributed by atoms with Crippen molar-refractivity contribution in [2.45, 2.75) is 121 Å². The van der Waals surface area contributed by atoms with E-state index in [9.17, 15) is 22.8 Å². The molecule has 3 aliphatic heterocycles. The van der Waals surface area contributed by atoms with Crippen molar-refractivity contribution >= 4 is 16.2 Å². The first-order valence-electron chi connectivity index (χ1n) is 17.0. The van der Waals surface area contributed by atoms with Gasteiger partial charge in [-0.3, -0.25) is 13.5 Å². The lowest BCUT2D eigenvalue weighted by atomic mass is 10.1. The summed E-state index contributed by atoms with van der Waals surface area (Å²) in [5, 5.41) is 0. The highest BCUT2D eigenvalue weighted by Crippen LogP contribution is 2.36. The van der Waals surface area contributed by atoms with Crippen LogP contribution in [-0.2, 0) is 47.5 Å². The molecule has 3 fully saturated rings. The molecule has 3 saturated heterocycles. The number of carbonyl (C=O) groups excluding carboxylic acids is 1. The third-order valence-electron chi connectivity index (χ3n) is 8.39. The van der Waals surface area contributed by atoms with Crippen molar-refractivity contribution in [1.29, 1.82) is 0 Å². The van der Waals surface area contributed by atoms with Crippen LogP contribution in [0.15, 0.2) is 44.9 Å². The van der Waals surface area contributed by atoms with Crippen LogP contribution in [0.4, 0.5) is 4.79 Å². The molecule has 6 atom stereocenters. The van der Waals surface area contributed by atoms with Gasteiger partial charge in [0.1, 0.15) is 23.9 Å². The molecule has 4 heterocycles. The Hall–Kier alpha value is -2.96. The third kappa shape index (κ3) is 9.67. The van der Waals surface area contributed by atoms with Crippen LogP contribution in [0.5, 0.6) is 0 Å². The second-order valence-corrected chi connectivity index (χ2v) is 15.3. The van der Waals surface area contributed by atoms with Gasteiger partial charge in [0, 0.05) is 25.0 Å². The first-order chi connectivity index (χ1) is 23.7. The quantitative estimate of drug-likeness (QED) is 0.230. The molecule has 0 N–H and O–H groups in total. The van der Waals surface area contributed by atoms with E-state index >= 15 is 0 Å². The zero-order valence-electron chi connectivity index (χ0n) is 29.2. The summed E-state index contributed by atoms with van der Waals surface area (Å²) in [5.41, 5.74) is -1.90. The van der Waals surface area contributed by atoms with E-state index in [0.717, 1.165) is 35.8 Å². The number of carbonyl (C=O) groups is 1. The molecule has 2 aromatic rings. The van der Waals surface area contributed by atoms with Gasteiger partial charge in [0.15, 0.2) is 18.8 Å². The van der Waals surface area contributed by atoms with E-state index in [1.807, 2.05) is 6.92 Å². The molecule has 16 heteroatoms. The highest BCUT2D eigenvalue weighted by Gasteiger charge is 2.49. The minimum atomic E-state index is -4.09. The smallest absolute Gasteiger partial charge is 0.425 e. The molecule has 15 nitrogen and oxygen atoms in total. The lowest BCUT2D eigenvalue weighted by molar-refractivity contribution is -0.225. The number of benzene rings is 1. The maximum absolute atomic E-state index is 13.9. The fraction of sp³-hybridized carbons (Fsp3) is 0.676. The topological polar surface area (TPSA) is 169 Å². The van der Waals surface area contributed by atoms with Crippen molar-refractivity contribution in [3.63, 3.8) is 0 Å². The monoisotopic (exact) mass is 724 g/mol. The summed E-state index contributed by atoms with van der Waals surface area (Å²) in [5.74, 6) is 0. The average molecular weight is 725 g/mol. The average Bonchev–Trinajstić information content (AvgIpc) is 3.40. The molecule has 50 heavy (non-hydrogen) atoms. The van der Waals surface area contributed by atoms with E-state index < -0.39 is 70.2 Å². The minimum absolute atomic E-state index is 0.00382. The maximum Gasteiger partial charge on any atom is 0.425 e.